The van der Waals surface area contributed by atoms with Crippen LogP contribution in [-0.4, -0.2) is 17.0 Å². The van der Waals surface area contributed by atoms with Gasteiger partial charge in [-0.15, -0.1) is 0 Å². The number of allylic oxidation sites excluding steroid dienone is 2. The highest BCUT2D eigenvalue weighted by Gasteiger charge is 2.62. The first-order valence-electron chi connectivity index (χ1n) is 7.54. The summed E-state index contributed by atoms with van der Waals surface area (Å²) in [5, 5.41) is 12.3. The number of carboxylic acid groups (broad SMARTS) is 1. The molecule has 4 aliphatic rings. The summed E-state index contributed by atoms with van der Waals surface area (Å²) in [7, 11) is 0. The van der Waals surface area contributed by atoms with E-state index < -0.39 is 17.8 Å². The number of carbonyl (C=O) groups is 2. The van der Waals surface area contributed by atoms with Gasteiger partial charge in [-0.3, -0.25) is 9.59 Å². The molecular weight excluding hydrogens is 285 g/mol. The van der Waals surface area contributed by atoms with Gasteiger partial charge < -0.3 is 10.4 Å². The largest absolute Gasteiger partial charge is 0.481 e. The molecule has 2 bridgehead atoms. The fourth-order valence-electron chi connectivity index (χ4n) is 4.33. The summed E-state index contributed by atoms with van der Waals surface area (Å²) >= 11 is 0. The number of carboxylic acids is 1. The van der Waals surface area contributed by atoms with Crippen LogP contribution in [0, 0.1) is 41.3 Å². The number of rotatable bonds is 3. The van der Waals surface area contributed by atoms with Crippen molar-refractivity contribution in [3.63, 3.8) is 0 Å². The normalized spacial score (nSPS) is 37.5. The molecule has 0 heterocycles. The van der Waals surface area contributed by atoms with Gasteiger partial charge in [0.15, 0.2) is 0 Å². The van der Waals surface area contributed by atoms with E-state index in [1.165, 1.54) is 24.3 Å². The Morgan fingerprint density at radius 1 is 1.05 bits per heavy atom. The number of hydrogen-bond acceptors (Lipinski definition) is 2. The van der Waals surface area contributed by atoms with Crippen LogP contribution in [-0.2, 0) is 9.59 Å². The number of carbonyl (C=O) groups excluding carboxylic acids is 1. The summed E-state index contributed by atoms with van der Waals surface area (Å²) in [4.78, 5) is 24.3. The molecule has 4 aliphatic carbocycles. The summed E-state index contributed by atoms with van der Waals surface area (Å²) in [5.74, 6) is -1.87. The van der Waals surface area contributed by atoms with Crippen LogP contribution in [0.3, 0.4) is 0 Å². The van der Waals surface area contributed by atoms with Gasteiger partial charge in [0.25, 0.3) is 0 Å². The molecule has 1 amide bonds. The third kappa shape index (κ3) is 1.95. The Labute approximate surface area is 127 Å². The molecule has 0 saturated heterocycles. The minimum Gasteiger partial charge on any atom is -0.481 e. The van der Waals surface area contributed by atoms with Crippen molar-refractivity contribution in [2.24, 2.45) is 35.5 Å². The second-order valence-corrected chi connectivity index (χ2v) is 6.49. The number of hydrogen-bond donors (Lipinski definition) is 2. The van der Waals surface area contributed by atoms with E-state index >= 15 is 0 Å². The molecule has 5 rings (SSSR count). The Morgan fingerprint density at radius 3 is 2.23 bits per heavy atom. The predicted molar refractivity (Wildman–Crippen MR) is 77.4 cm³/mol. The first-order valence-corrected chi connectivity index (χ1v) is 7.54. The molecule has 1 aromatic rings. The monoisotopic (exact) mass is 301 g/mol. The topological polar surface area (TPSA) is 66.4 Å². The molecule has 0 radical (unpaired) electrons. The molecule has 0 aliphatic heterocycles. The quantitative estimate of drug-likeness (QED) is 0.843. The highest BCUT2D eigenvalue weighted by atomic mass is 19.1. The molecule has 2 fully saturated rings. The highest BCUT2D eigenvalue weighted by molar-refractivity contribution is 5.96. The summed E-state index contributed by atoms with van der Waals surface area (Å²) in [6.45, 7) is 0. The molecule has 0 spiro atoms. The molecule has 0 unspecified atom stereocenters. The van der Waals surface area contributed by atoms with Crippen molar-refractivity contribution in [3.8, 4) is 0 Å². The summed E-state index contributed by atoms with van der Waals surface area (Å²) in [5.41, 5.74) is 0.494. The van der Waals surface area contributed by atoms with Crippen molar-refractivity contribution in [1.29, 1.82) is 0 Å². The van der Waals surface area contributed by atoms with Crippen LogP contribution in [0.1, 0.15) is 6.42 Å². The van der Waals surface area contributed by atoms with E-state index in [9.17, 15) is 19.1 Å². The van der Waals surface area contributed by atoms with Gasteiger partial charge in [0.2, 0.25) is 5.91 Å². The van der Waals surface area contributed by atoms with Crippen LogP contribution < -0.4 is 5.32 Å². The Morgan fingerprint density at radius 2 is 1.64 bits per heavy atom. The maximum absolute atomic E-state index is 12.9. The van der Waals surface area contributed by atoms with Crippen molar-refractivity contribution in [1.82, 2.24) is 0 Å². The van der Waals surface area contributed by atoms with E-state index in [0.29, 0.717) is 17.5 Å². The molecule has 6 atom stereocenters. The first kappa shape index (κ1) is 13.5. The molecule has 114 valence electrons. The fraction of sp³-hybridized carbons (Fsp3) is 0.412. The number of nitrogens with one attached hydrogen (secondary N) is 1. The molecule has 0 aromatic heterocycles. The lowest BCUT2D eigenvalue weighted by Crippen LogP contribution is -2.48. The van der Waals surface area contributed by atoms with Crippen LogP contribution in [0.15, 0.2) is 36.4 Å². The molecule has 2 saturated carbocycles. The zero-order chi connectivity index (χ0) is 15.4. The fourth-order valence-corrected chi connectivity index (χ4v) is 4.33. The number of benzene rings is 1. The Bertz CT molecular complexity index is 669. The average molecular weight is 301 g/mol. The SMILES string of the molecule is O=C(O)[C@@H]1[C@H]2C=C[C@@H]([C@@H]3C[C@@H]23)[C@@H]1C(=O)Nc1ccc(F)cc1. The third-order valence-electron chi connectivity index (χ3n) is 5.35. The van der Waals surface area contributed by atoms with Gasteiger partial charge in [-0.05, 0) is 54.4 Å². The summed E-state index contributed by atoms with van der Waals surface area (Å²) in [6, 6.07) is 5.52. The third-order valence-corrected chi connectivity index (χ3v) is 5.35. The van der Waals surface area contributed by atoms with E-state index in [4.69, 9.17) is 0 Å². The van der Waals surface area contributed by atoms with Gasteiger partial charge in [0.1, 0.15) is 5.82 Å². The van der Waals surface area contributed by atoms with Crippen molar-refractivity contribution in [2.75, 3.05) is 5.32 Å². The molecule has 1 aromatic carbocycles. The van der Waals surface area contributed by atoms with Crippen LogP contribution in [0.25, 0.3) is 0 Å². The smallest absolute Gasteiger partial charge is 0.307 e. The zero-order valence-corrected chi connectivity index (χ0v) is 11.8. The van der Waals surface area contributed by atoms with E-state index in [1.807, 2.05) is 12.2 Å². The second-order valence-electron chi connectivity index (χ2n) is 6.49. The van der Waals surface area contributed by atoms with Gasteiger partial charge in [-0.1, -0.05) is 12.2 Å². The van der Waals surface area contributed by atoms with Crippen LogP contribution in [0.5, 0.6) is 0 Å². The Kier molecular flexibility index (Phi) is 2.86. The molecule has 22 heavy (non-hydrogen) atoms. The lowest BCUT2D eigenvalue weighted by Gasteiger charge is -2.41. The number of fused-ring (bicyclic) bond motifs is 1. The predicted octanol–water partition coefficient (Wildman–Crippen LogP) is 2.53. The summed E-state index contributed by atoms with van der Waals surface area (Å²) < 4.78 is 12.9. The molecule has 5 heteroatoms. The van der Waals surface area contributed by atoms with Gasteiger partial charge in [-0.25, -0.2) is 4.39 Å². The minimum atomic E-state index is -0.899. The van der Waals surface area contributed by atoms with Gasteiger partial charge in [0, 0.05) is 5.69 Å². The second kappa shape index (κ2) is 4.66. The highest BCUT2D eigenvalue weighted by Crippen LogP contribution is 2.63. The van der Waals surface area contributed by atoms with Crippen molar-refractivity contribution in [3.05, 3.63) is 42.2 Å². The minimum absolute atomic E-state index is 0.0107. The molecule has 2 N–H and O–H groups in total. The number of amides is 1. The van der Waals surface area contributed by atoms with E-state index in [1.54, 1.807) is 0 Å². The Hall–Kier alpha value is -2.17. The first-order chi connectivity index (χ1) is 10.6. The molecule has 4 nitrogen and oxygen atoms in total. The standard InChI is InChI=1S/C17H16FNO3/c18-8-1-3-9(4-2-8)19-16(20)14-10-5-6-11(13-7-12(10)13)15(14)17(21)22/h1-6,10-15H,7H2,(H,19,20)(H,21,22)/t10-,11-,12-,13-,14-,15+/m0/s1. The van der Waals surface area contributed by atoms with Crippen LogP contribution in [0.2, 0.25) is 0 Å². The number of anilines is 1. The number of halogens is 1. The molecular formula is C17H16FNO3. The lowest BCUT2D eigenvalue weighted by molar-refractivity contribution is -0.152. The average Bonchev–Trinajstić information content (AvgIpc) is 3.30. The van der Waals surface area contributed by atoms with Crippen LogP contribution in [0.4, 0.5) is 10.1 Å². The van der Waals surface area contributed by atoms with Gasteiger partial charge in [-0.2, -0.15) is 0 Å². The maximum atomic E-state index is 12.9. The van der Waals surface area contributed by atoms with Gasteiger partial charge in [0.05, 0.1) is 11.8 Å². The van der Waals surface area contributed by atoms with Crippen molar-refractivity contribution < 1.29 is 19.1 Å². The van der Waals surface area contributed by atoms with E-state index in [2.05, 4.69) is 5.32 Å². The maximum Gasteiger partial charge on any atom is 0.307 e. The van der Waals surface area contributed by atoms with Gasteiger partial charge >= 0.3 is 5.97 Å². The van der Waals surface area contributed by atoms with E-state index in [-0.39, 0.29) is 23.6 Å². The summed E-state index contributed by atoms with van der Waals surface area (Å²) in [6.07, 6.45) is 5.03. The van der Waals surface area contributed by atoms with Crippen molar-refractivity contribution >= 4 is 17.6 Å². The van der Waals surface area contributed by atoms with Crippen molar-refractivity contribution in [2.45, 2.75) is 6.42 Å². The Balaban J connectivity index is 1.60. The zero-order valence-electron chi connectivity index (χ0n) is 11.8. The number of aliphatic carboxylic acids is 1. The van der Waals surface area contributed by atoms with E-state index in [0.717, 1.165) is 6.42 Å². The van der Waals surface area contributed by atoms with Crippen LogP contribution >= 0.6 is 0 Å². The lowest BCUT2D eigenvalue weighted by atomic mass is 9.62.